The molecule has 0 aliphatic rings. The number of carbonyl (C=O) groups is 2. The standard InChI is InChI=1S/C19H21NO6/c1-11-15(25-3)9-13(10-16(11)26-4)18(21)20-17(19(22)23)12-5-7-14(24-2)8-6-12/h5-10,17H,1-4H3,(H,20,21)(H,22,23). The van der Waals surface area contributed by atoms with Crippen molar-refractivity contribution in [3.05, 3.63) is 53.1 Å². The van der Waals surface area contributed by atoms with E-state index >= 15 is 0 Å². The molecule has 0 fully saturated rings. The average molecular weight is 359 g/mol. The van der Waals surface area contributed by atoms with Gasteiger partial charge in [0, 0.05) is 11.1 Å². The van der Waals surface area contributed by atoms with E-state index in [2.05, 4.69) is 5.32 Å². The second-order valence-electron chi connectivity index (χ2n) is 5.52. The zero-order valence-corrected chi connectivity index (χ0v) is 15.0. The minimum absolute atomic E-state index is 0.240. The van der Waals surface area contributed by atoms with Crippen molar-refractivity contribution in [2.75, 3.05) is 21.3 Å². The van der Waals surface area contributed by atoms with E-state index in [1.807, 2.05) is 0 Å². The highest BCUT2D eigenvalue weighted by molar-refractivity contribution is 5.97. The minimum Gasteiger partial charge on any atom is -0.497 e. The van der Waals surface area contributed by atoms with Crippen molar-refractivity contribution >= 4 is 11.9 Å². The van der Waals surface area contributed by atoms with E-state index in [1.54, 1.807) is 43.3 Å². The molecule has 1 amide bonds. The van der Waals surface area contributed by atoms with Gasteiger partial charge < -0.3 is 24.6 Å². The fourth-order valence-corrected chi connectivity index (χ4v) is 2.52. The summed E-state index contributed by atoms with van der Waals surface area (Å²) in [5.74, 6) is -0.173. The number of carboxylic acid groups (broad SMARTS) is 1. The minimum atomic E-state index is -1.20. The fraction of sp³-hybridized carbons (Fsp3) is 0.263. The molecule has 7 heteroatoms. The Kier molecular flexibility index (Phi) is 6.06. The van der Waals surface area contributed by atoms with Gasteiger partial charge >= 0.3 is 5.97 Å². The number of hydrogen-bond acceptors (Lipinski definition) is 5. The van der Waals surface area contributed by atoms with E-state index in [0.717, 1.165) is 5.56 Å². The van der Waals surface area contributed by atoms with Crippen molar-refractivity contribution in [2.24, 2.45) is 0 Å². The van der Waals surface area contributed by atoms with E-state index in [9.17, 15) is 14.7 Å². The van der Waals surface area contributed by atoms with Crippen LogP contribution in [0.2, 0.25) is 0 Å². The number of nitrogens with one attached hydrogen (secondary N) is 1. The molecule has 0 radical (unpaired) electrons. The highest BCUT2D eigenvalue weighted by atomic mass is 16.5. The highest BCUT2D eigenvalue weighted by Gasteiger charge is 2.24. The van der Waals surface area contributed by atoms with Gasteiger partial charge in [0.2, 0.25) is 0 Å². The van der Waals surface area contributed by atoms with Gasteiger partial charge in [0.25, 0.3) is 5.91 Å². The van der Waals surface area contributed by atoms with Crippen LogP contribution in [-0.4, -0.2) is 38.3 Å². The summed E-state index contributed by atoms with van der Waals surface area (Å²) in [6, 6.07) is 8.33. The number of hydrogen-bond donors (Lipinski definition) is 2. The monoisotopic (exact) mass is 359 g/mol. The Morgan fingerprint density at radius 3 is 1.92 bits per heavy atom. The van der Waals surface area contributed by atoms with E-state index in [4.69, 9.17) is 14.2 Å². The van der Waals surface area contributed by atoms with Crippen LogP contribution < -0.4 is 19.5 Å². The molecule has 26 heavy (non-hydrogen) atoms. The first-order valence-electron chi connectivity index (χ1n) is 7.81. The number of carbonyl (C=O) groups excluding carboxylic acids is 1. The Morgan fingerprint density at radius 2 is 1.50 bits per heavy atom. The van der Waals surface area contributed by atoms with Crippen molar-refractivity contribution in [3.63, 3.8) is 0 Å². The molecule has 2 N–H and O–H groups in total. The summed E-state index contributed by atoms with van der Waals surface area (Å²) >= 11 is 0. The van der Waals surface area contributed by atoms with Crippen LogP contribution >= 0.6 is 0 Å². The summed E-state index contributed by atoms with van der Waals surface area (Å²) < 4.78 is 15.6. The Bertz CT molecular complexity index is 775. The lowest BCUT2D eigenvalue weighted by Gasteiger charge is -2.17. The number of carboxylic acids is 1. The molecular weight excluding hydrogens is 338 g/mol. The quantitative estimate of drug-likeness (QED) is 0.789. The molecule has 2 aromatic rings. The molecule has 7 nitrogen and oxygen atoms in total. The maximum Gasteiger partial charge on any atom is 0.330 e. The van der Waals surface area contributed by atoms with Gasteiger partial charge in [-0.25, -0.2) is 4.79 Å². The normalized spacial score (nSPS) is 11.4. The van der Waals surface area contributed by atoms with Crippen molar-refractivity contribution in [1.82, 2.24) is 5.32 Å². The van der Waals surface area contributed by atoms with E-state index in [0.29, 0.717) is 22.8 Å². The van der Waals surface area contributed by atoms with Crippen LogP contribution in [-0.2, 0) is 4.79 Å². The van der Waals surface area contributed by atoms with Gasteiger partial charge in [-0.3, -0.25) is 4.79 Å². The summed E-state index contributed by atoms with van der Waals surface area (Å²) in [5.41, 5.74) is 1.42. The Morgan fingerprint density at radius 1 is 0.962 bits per heavy atom. The van der Waals surface area contributed by atoms with E-state index in [-0.39, 0.29) is 5.56 Å². The van der Waals surface area contributed by atoms with Crippen molar-refractivity contribution in [1.29, 1.82) is 0 Å². The molecule has 0 spiro atoms. The number of ether oxygens (including phenoxy) is 3. The molecule has 1 unspecified atom stereocenters. The van der Waals surface area contributed by atoms with Gasteiger partial charge in [0.05, 0.1) is 21.3 Å². The van der Waals surface area contributed by atoms with Crippen LogP contribution in [0, 0.1) is 6.92 Å². The molecule has 138 valence electrons. The lowest BCUT2D eigenvalue weighted by atomic mass is 10.0. The van der Waals surface area contributed by atoms with Crippen LogP contribution in [0.5, 0.6) is 17.2 Å². The topological polar surface area (TPSA) is 94.1 Å². The third-order valence-corrected chi connectivity index (χ3v) is 3.99. The van der Waals surface area contributed by atoms with Crippen molar-refractivity contribution < 1.29 is 28.9 Å². The van der Waals surface area contributed by atoms with Gasteiger partial charge in [-0.2, -0.15) is 0 Å². The first kappa shape index (κ1) is 19.1. The van der Waals surface area contributed by atoms with Gasteiger partial charge in [-0.15, -0.1) is 0 Å². The molecule has 0 aromatic heterocycles. The molecule has 2 rings (SSSR count). The first-order chi connectivity index (χ1) is 12.4. The number of aliphatic carboxylic acids is 1. The molecule has 0 heterocycles. The molecule has 2 aromatic carbocycles. The predicted molar refractivity (Wildman–Crippen MR) is 95.1 cm³/mol. The molecule has 0 aliphatic carbocycles. The average Bonchev–Trinajstić information content (AvgIpc) is 2.65. The molecule has 0 saturated heterocycles. The van der Waals surface area contributed by atoms with Gasteiger partial charge in [-0.05, 0) is 36.8 Å². The largest absolute Gasteiger partial charge is 0.497 e. The second kappa shape index (κ2) is 8.24. The zero-order valence-electron chi connectivity index (χ0n) is 15.0. The number of rotatable bonds is 7. The summed E-state index contributed by atoms with van der Waals surface area (Å²) in [7, 11) is 4.49. The molecule has 0 bridgehead atoms. The molecule has 1 atom stereocenters. The van der Waals surface area contributed by atoms with Crippen LogP contribution in [0.3, 0.4) is 0 Å². The summed E-state index contributed by atoms with van der Waals surface area (Å²) in [4.78, 5) is 24.2. The summed E-state index contributed by atoms with van der Waals surface area (Å²) in [6.07, 6.45) is 0. The Balaban J connectivity index is 2.31. The van der Waals surface area contributed by atoms with Crippen molar-refractivity contribution in [2.45, 2.75) is 13.0 Å². The smallest absolute Gasteiger partial charge is 0.330 e. The number of benzene rings is 2. The van der Waals surface area contributed by atoms with Crippen LogP contribution in [0.15, 0.2) is 36.4 Å². The van der Waals surface area contributed by atoms with Gasteiger partial charge in [-0.1, -0.05) is 12.1 Å². The maximum atomic E-state index is 12.6. The highest BCUT2D eigenvalue weighted by Crippen LogP contribution is 2.29. The second-order valence-corrected chi connectivity index (χ2v) is 5.52. The third kappa shape index (κ3) is 4.05. The summed E-state index contributed by atoms with van der Waals surface area (Å²) in [6.45, 7) is 1.80. The third-order valence-electron chi connectivity index (χ3n) is 3.99. The maximum absolute atomic E-state index is 12.6. The first-order valence-corrected chi connectivity index (χ1v) is 7.81. The van der Waals surface area contributed by atoms with Gasteiger partial charge in [0.1, 0.15) is 17.2 Å². The SMILES string of the molecule is COc1ccc(C(NC(=O)c2cc(OC)c(C)c(OC)c2)C(=O)O)cc1. The number of methoxy groups -OCH3 is 3. The molecular formula is C19H21NO6. The Labute approximate surface area is 151 Å². The van der Waals surface area contributed by atoms with E-state index < -0.39 is 17.9 Å². The van der Waals surface area contributed by atoms with Crippen LogP contribution in [0.25, 0.3) is 0 Å². The fourth-order valence-electron chi connectivity index (χ4n) is 2.52. The van der Waals surface area contributed by atoms with Crippen LogP contribution in [0.1, 0.15) is 27.5 Å². The van der Waals surface area contributed by atoms with Crippen molar-refractivity contribution in [3.8, 4) is 17.2 Å². The Hall–Kier alpha value is -3.22. The number of amides is 1. The lowest BCUT2D eigenvalue weighted by Crippen LogP contribution is -2.33. The van der Waals surface area contributed by atoms with Gasteiger partial charge in [0.15, 0.2) is 6.04 Å². The van der Waals surface area contributed by atoms with Crippen LogP contribution in [0.4, 0.5) is 0 Å². The summed E-state index contributed by atoms with van der Waals surface area (Å²) in [5, 5.41) is 12.0. The molecule has 0 aliphatic heterocycles. The zero-order chi connectivity index (χ0) is 19.3. The lowest BCUT2D eigenvalue weighted by molar-refractivity contribution is -0.139. The van der Waals surface area contributed by atoms with E-state index in [1.165, 1.54) is 21.3 Å². The molecule has 0 saturated carbocycles. The predicted octanol–water partition coefficient (Wildman–Crippen LogP) is 2.58.